The summed E-state index contributed by atoms with van der Waals surface area (Å²) in [6.45, 7) is 11.0. The number of carbonyl (C=O) groups is 2. The second kappa shape index (κ2) is 7.04. The van der Waals surface area contributed by atoms with Gasteiger partial charge in [-0.15, -0.1) is 0 Å². The van der Waals surface area contributed by atoms with Crippen molar-refractivity contribution < 1.29 is 34.0 Å². The molecule has 0 radical (unpaired) electrons. The summed E-state index contributed by atoms with van der Waals surface area (Å²) in [6.07, 6.45) is -1.40. The van der Waals surface area contributed by atoms with E-state index in [9.17, 15) is 19.8 Å². The molecule has 150 valence electrons. The van der Waals surface area contributed by atoms with Crippen LogP contribution in [0.25, 0.3) is 0 Å². The van der Waals surface area contributed by atoms with Gasteiger partial charge in [0.1, 0.15) is 6.10 Å². The van der Waals surface area contributed by atoms with Crippen molar-refractivity contribution in [3.05, 3.63) is 23.8 Å². The maximum atomic E-state index is 12.3. The molecule has 3 rings (SSSR count). The van der Waals surface area contributed by atoms with Crippen LogP contribution in [0.15, 0.2) is 23.8 Å². The molecule has 0 spiro atoms. The molecule has 8 atom stereocenters. The predicted molar refractivity (Wildman–Crippen MR) is 94.9 cm³/mol. The van der Waals surface area contributed by atoms with Crippen LogP contribution in [0.2, 0.25) is 0 Å². The van der Waals surface area contributed by atoms with Crippen molar-refractivity contribution >= 4 is 11.9 Å². The lowest BCUT2D eigenvalue weighted by Crippen LogP contribution is -2.59. The number of rotatable bonds is 2. The number of aliphatic hydroxyl groups is 2. The van der Waals surface area contributed by atoms with Crippen LogP contribution in [0.1, 0.15) is 40.5 Å². The molecule has 0 aromatic rings. The third-order valence-corrected chi connectivity index (χ3v) is 6.52. The number of hydrogen-bond donors (Lipinski definition) is 2. The largest absolute Gasteiger partial charge is 0.458 e. The molecule has 0 amide bonds. The standard InChI is InChI=1S/C20H28O7/c1-6-9(2)16(21)26-15-14-10(3)7-13-12(11(4)17(22)25-13)8-20(14,5)19(24)27-18(15)23/h6,10,12-15,18-19,23-24H,4,7-8H2,1-3,5H3. The van der Waals surface area contributed by atoms with Gasteiger partial charge in [0, 0.05) is 28.4 Å². The van der Waals surface area contributed by atoms with E-state index in [1.54, 1.807) is 19.9 Å². The summed E-state index contributed by atoms with van der Waals surface area (Å²) in [5.41, 5.74) is -0.0230. The lowest BCUT2D eigenvalue weighted by molar-refractivity contribution is -0.341. The van der Waals surface area contributed by atoms with Crippen molar-refractivity contribution in [2.24, 2.45) is 23.2 Å². The molecule has 0 aromatic carbocycles. The highest BCUT2D eigenvalue weighted by Crippen LogP contribution is 2.55. The molecule has 2 aliphatic heterocycles. The molecular weight excluding hydrogens is 352 g/mol. The van der Waals surface area contributed by atoms with Crippen LogP contribution in [0.3, 0.4) is 0 Å². The van der Waals surface area contributed by atoms with E-state index in [4.69, 9.17) is 14.2 Å². The van der Waals surface area contributed by atoms with Gasteiger partial charge in [0.05, 0.1) is 0 Å². The van der Waals surface area contributed by atoms with E-state index >= 15 is 0 Å². The Morgan fingerprint density at radius 1 is 1.41 bits per heavy atom. The number of hydrogen-bond acceptors (Lipinski definition) is 7. The minimum Gasteiger partial charge on any atom is -0.458 e. The van der Waals surface area contributed by atoms with Crippen LogP contribution < -0.4 is 0 Å². The average molecular weight is 380 g/mol. The maximum Gasteiger partial charge on any atom is 0.334 e. The number of ether oxygens (including phenoxy) is 3. The van der Waals surface area contributed by atoms with Crippen molar-refractivity contribution in [2.75, 3.05) is 0 Å². The van der Waals surface area contributed by atoms with E-state index in [2.05, 4.69) is 6.58 Å². The zero-order valence-corrected chi connectivity index (χ0v) is 16.2. The maximum absolute atomic E-state index is 12.3. The Morgan fingerprint density at radius 2 is 2.07 bits per heavy atom. The summed E-state index contributed by atoms with van der Waals surface area (Å²) >= 11 is 0. The van der Waals surface area contributed by atoms with Gasteiger partial charge >= 0.3 is 11.9 Å². The molecule has 3 fully saturated rings. The van der Waals surface area contributed by atoms with E-state index in [1.807, 2.05) is 13.8 Å². The van der Waals surface area contributed by atoms with Crippen LogP contribution >= 0.6 is 0 Å². The first kappa shape index (κ1) is 20.0. The van der Waals surface area contributed by atoms with Gasteiger partial charge in [0.25, 0.3) is 0 Å². The SMILES string of the molecule is C=C1C(=O)OC2CC(C)C3C(OC(=O)C(C)=CC)C(O)OC(O)C3(C)CC12. The molecule has 0 bridgehead atoms. The highest BCUT2D eigenvalue weighted by Gasteiger charge is 2.60. The monoisotopic (exact) mass is 380 g/mol. The van der Waals surface area contributed by atoms with Gasteiger partial charge < -0.3 is 24.4 Å². The molecule has 2 N–H and O–H groups in total. The molecule has 7 nitrogen and oxygen atoms in total. The number of fused-ring (bicyclic) bond motifs is 2. The first-order chi connectivity index (χ1) is 12.6. The molecule has 2 saturated heterocycles. The number of allylic oxidation sites excluding steroid dienone is 1. The second-order valence-electron chi connectivity index (χ2n) is 8.24. The van der Waals surface area contributed by atoms with E-state index in [0.717, 1.165) is 0 Å². The molecule has 1 aliphatic carbocycles. The molecule has 2 heterocycles. The van der Waals surface area contributed by atoms with Gasteiger partial charge in [0.15, 0.2) is 18.7 Å². The normalized spacial score (nSPS) is 44.8. The molecule has 0 aromatic heterocycles. The Labute approximate surface area is 159 Å². The highest BCUT2D eigenvalue weighted by atomic mass is 16.7. The van der Waals surface area contributed by atoms with Crippen LogP contribution in [-0.2, 0) is 23.8 Å². The van der Waals surface area contributed by atoms with Gasteiger partial charge in [-0.2, -0.15) is 0 Å². The van der Waals surface area contributed by atoms with E-state index in [-0.39, 0.29) is 23.9 Å². The topological polar surface area (TPSA) is 102 Å². The Balaban J connectivity index is 1.97. The Hall–Kier alpha value is -1.70. The van der Waals surface area contributed by atoms with Crippen LogP contribution in [0, 0.1) is 23.2 Å². The quantitative estimate of drug-likeness (QED) is 0.555. The van der Waals surface area contributed by atoms with Crippen molar-refractivity contribution in [2.45, 2.75) is 65.3 Å². The average Bonchev–Trinajstić information content (AvgIpc) is 2.79. The summed E-state index contributed by atoms with van der Waals surface area (Å²) in [5.74, 6) is -1.65. The van der Waals surface area contributed by atoms with Gasteiger partial charge in [-0.25, -0.2) is 9.59 Å². The van der Waals surface area contributed by atoms with Gasteiger partial charge in [0.2, 0.25) is 0 Å². The fourth-order valence-corrected chi connectivity index (χ4v) is 4.88. The summed E-state index contributed by atoms with van der Waals surface area (Å²) in [6, 6.07) is 0. The zero-order chi connectivity index (χ0) is 20.1. The van der Waals surface area contributed by atoms with Crippen molar-refractivity contribution in [1.29, 1.82) is 0 Å². The number of esters is 2. The summed E-state index contributed by atoms with van der Waals surface area (Å²) in [7, 11) is 0. The van der Waals surface area contributed by atoms with Gasteiger partial charge in [-0.3, -0.25) is 0 Å². The minimum absolute atomic E-state index is 0.0967. The zero-order valence-electron chi connectivity index (χ0n) is 16.2. The van der Waals surface area contributed by atoms with Crippen molar-refractivity contribution in [3.63, 3.8) is 0 Å². The molecular formula is C20H28O7. The molecule has 27 heavy (non-hydrogen) atoms. The summed E-state index contributed by atoms with van der Waals surface area (Å²) < 4.78 is 16.4. The summed E-state index contributed by atoms with van der Waals surface area (Å²) in [4.78, 5) is 24.3. The van der Waals surface area contributed by atoms with Crippen LogP contribution in [0.5, 0.6) is 0 Å². The van der Waals surface area contributed by atoms with Gasteiger partial charge in [-0.1, -0.05) is 26.5 Å². The van der Waals surface area contributed by atoms with E-state index < -0.39 is 36.0 Å². The third kappa shape index (κ3) is 3.22. The first-order valence-corrected chi connectivity index (χ1v) is 9.35. The first-order valence-electron chi connectivity index (χ1n) is 9.35. The van der Waals surface area contributed by atoms with E-state index in [1.165, 1.54) is 0 Å². The Kier molecular flexibility index (Phi) is 5.22. The number of carbonyl (C=O) groups excluding carboxylic acids is 2. The minimum atomic E-state index is -1.43. The molecule has 7 heteroatoms. The third-order valence-electron chi connectivity index (χ3n) is 6.52. The lowest BCUT2D eigenvalue weighted by atomic mass is 9.64. The van der Waals surface area contributed by atoms with Crippen molar-refractivity contribution in [1.82, 2.24) is 0 Å². The molecule has 8 unspecified atom stereocenters. The second-order valence-corrected chi connectivity index (χ2v) is 8.24. The molecule has 1 saturated carbocycles. The Morgan fingerprint density at radius 3 is 2.70 bits per heavy atom. The lowest BCUT2D eigenvalue weighted by Gasteiger charge is -2.51. The van der Waals surface area contributed by atoms with Crippen molar-refractivity contribution in [3.8, 4) is 0 Å². The highest BCUT2D eigenvalue weighted by molar-refractivity contribution is 5.90. The van der Waals surface area contributed by atoms with Gasteiger partial charge in [-0.05, 0) is 32.6 Å². The van der Waals surface area contributed by atoms with E-state index in [0.29, 0.717) is 24.0 Å². The van der Waals surface area contributed by atoms with Crippen LogP contribution in [0.4, 0.5) is 0 Å². The Bertz CT molecular complexity index is 684. The molecule has 3 aliphatic rings. The smallest absolute Gasteiger partial charge is 0.334 e. The number of aliphatic hydroxyl groups excluding tert-OH is 2. The summed E-state index contributed by atoms with van der Waals surface area (Å²) in [5, 5.41) is 21.1. The predicted octanol–water partition coefficient (Wildman–Crippen LogP) is 1.68. The fraction of sp³-hybridized carbons (Fsp3) is 0.700. The van der Waals surface area contributed by atoms with Crippen LogP contribution in [-0.4, -0.2) is 46.9 Å². The fourth-order valence-electron chi connectivity index (χ4n) is 4.88.